The number of ether oxygens (including phenoxy) is 1. The van der Waals surface area contributed by atoms with Gasteiger partial charge in [0.1, 0.15) is 18.2 Å². The summed E-state index contributed by atoms with van der Waals surface area (Å²) in [7, 11) is 0. The van der Waals surface area contributed by atoms with Crippen molar-refractivity contribution in [2.24, 2.45) is 0 Å². The van der Waals surface area contributed by atoms with Crippen molar-refractivity contribution < 1.29 is 13.9 Å². The van der Waals surface area contributed by atoms with E-state index >= 15 is 0 Å². The van der Waals surface area contributed by atoms with Crippen molar-refractivity contribution in [1.82, 2.24) is 0 Å². The molecule has 0 radical (unpaired) electrons. The SMILES string of the molecule is C=CC(=O)N1CCc2cc(OCc3cccc(F)c3)ccc21. The van der Waals surface area contributed by atoms with Crippen molar-refractivity contribution in [1.29, 1.82) is 0 Å². The second-order valence-electron chi connectivity index (χ2n) is 5.15. The van der Waals surface area contributed by atoms with Crippen LogP contribution in [0.4, 0.5) is 10.1 Å². The molecule has 2 aromatic carbocycles. The van der Waals surface area contributed by atoms with Gasteiger partial charge < -0.3 is 9.64 Å². The van der Waals surface area contributed by atoms with Crippen LogP contribution in [0.15, 0.2) is 55.1 Å². The minimum absolute atomic E-state index is 0.0906. The Balaban J connectivity index is 1.72. The van der Waals surface area contributed by atoms with Gasteiger partial charge in [0, 0.05) is 12.2 Å². The molecule has 0 atom stereocenters. The van der Waals surface area contributed by atoms with Crippen molar-refractivity contribution >= 4 is 11.6 Å². The molecule has 0 N–H and O–H groups in total. The molecule has 22 heavy (non-hydrogen) atoms. The molecule has 0 spiro atoms. The lowest BCUT2D eigenvalue weighted by atomic mass is 10.1. The lowest BCUT2D eigenvalue weighted by Crippen LogP contribution is -2.26. The van der Waals surface area contributed by atoms with Crippen molar-refractivity contribution in [3.05, 3.63) is 72.1 Å². The van der Waals surface area contributed by atoms with Crippen LogP contribution in [0.3, 0.4) is 0 Å². The highest BCUT2D eigenvalue weighted by molar-refractivity contribution is 6.02. The van der Waals surface area contributed by atoms with Gasteiger partial charge in [0.15, 0.2) is 0 Å². The first-order chi connectivity index (χ1) is 10.7. The first kappa shape index (κ1) is 14.3. The second kappa shape index (κ2) is 6.02. The summed E-state index contributed by atoms with van der Waals surface area (Å²) >= 11 is 0. The number of hydrogen-bond acceptors (Lipinski definition) is 2. The molecule has 0 fully saturated rings. The van der Waals surface area contributed by atoms with Gasteiger partial charge in [-0.05, 0) is 54.0 Å². The largest absolute Gasteiger partial charge is 0.489 e. The Labute approximate surface area is 128 Å². The van der Waals surface area contributed by atoms with Gasteiger partial charge in [-0.25, -0.2) is 4.39 Å². The zero-order valence-corrected chi connectivity index (χ0v) is 12.1. The summed E-state index contributed by atoms with van der Waals surface area (Å²) in [4.78, 5) is 13.5. The predicted octanol–water partition coefficient (Wildman–Crippen LogP) is 3.48. The third kappa shape index (κ3) is 2.86. The molecule has 4 heteroatoms. The van der Waals surface area contributed by atoms with Crippen LogP contribution in [0.2, 0.25) is 0 Å². The first-order valence-corrected chi connectivity index (χ1v) is 7.11. The lowest BCUT2D eigenvalue weighted by Gasteiger charge is -2.15. The predicted molar refractivity (Wildman–Crippen MR) is 83.4 cm³/mol. The van der Waals surface area contributed by atoms with E-state index in [1.807, 2.05) is 24.3 Å². The zero-order valence-electron chi connectivity index (χ0n) is 12.1. The highest BCUT2D eigenvalue weighted by atomic mass is 19.1. The number of carbonyl (C=O) groups is 1. The van der Waals surface area contributed by atoms with Crippen molar-refractivity contribution in [3.8, 4) is 5.75 Å². The molecule has 1 aliphatic heterocycles. The van der Waals surface area contributed by atoms with Crippen LogP contribution < -0.4 is 9.64 Å². The molecule has 0 bridgehead atoms. The van der Waals surface area contributed by atoms with Crippen LogP contribution >= 0.6 is 0 Å². The third-order valence-electron chi connectivity index (χ3n) is 3.68. The molecular weight excluding hydrogens is 281 g/mol. The van der Waals surface area contributed by atoms with Crippen molar-refractivity contribution in [2.45, 2.75) is 13.0 Å². The summed E-state index contributed by atoms with van der Waals surface area (Å²) < 4.78 is 18.8. The number of halogens is 1. The average Bonchev–Trinajstić information content (AvgIpc) is 2.95. The Morgan fingerprint density at radius 3 is 2.95 bits per heavy atom. The van der Waals surface area contributed by atoms with Gasteiger partial charge >= 0.3 is 0 Å². The van der Waals surface area contributed by atoms with E-state index in [4.69, 9.17) is 4.74 Å². The molecule has 3 rings (SSSR count). The number of benzene rings is 2. The second-order valence-corrected chi connectivity index (χ2v) is 5.15. The Morgan fingerprint density at radius 1 is 1.32 bits per heavy atom. The Bertz CT molecular complexity index is 727. The van der Waals surface area contributed by atoms with Crippen LogP contribution in [0.25, 0.3) is 0 Å². The molecule has 0 aliphatic carbocycles. The number of anilines is 1. The maximum absolute atomic E-state index is 13.1. The normalized spacial score (nSPS) is 12.9. The van der Waals surface area contributed by atoms with Crippen LogP contribution in [0.5, 0.6) is 5.75 Å². The summed E-state index contributed by atoms with van der Waals surface area (Å²) in [5, 5.41) is 0. The van der Waals surface area contributed by atoms with E-state index in [1.165, 1.54) is 18.2 Å². The average molecular weight is 297 g/mol. The van der Waals surface area contributed by atoms with Gasteiger partial charge in [0.05, 0.1) is 0 Å². The number of fused-ring (bicyclic) bond motifs is 1. The first-order valence-electron chi connectivity index (χ1n) is 7.11. The molecule has 0 saturated heterocycles. The fourth-order valence-electron chi connectivity index (χ4n) is 2.60. The molecular formula is C18H16FNO2. The minimum atomic E-state index is -0.270. The van der Waals surface area contributed by atoms with E-state index in [0.717, 1.165) is 29.0 Å². The fourth-order valence-corrected chi connectivity index (χ4v) is 2.60. The Morgan fingerprint density at radius 2 is 2.18 bits per heavy atom. The van der Waals surface area contributed by atoms with E-state index in [2.05, 4.69) is 6.58 Å². The molecule has 0 unspecified atom stereocenters. The highest BCUT2D eigenvalue weighted by Crippen LogP contribution is 2.31. The number of rotatable bonds is 4. The Kier molecular flexibility index (Phi) is 3.92. The topological polar surface area (TPSA) is 29.5 Å². The summed E-state index contributed by atoms with van der Waals surface area (Å²) in [5.41, 5.74) is 2.76. The molecule has 1 heterocycles. The van der Waals surface area contributed by atoms with Crippen LogP contribution in [-0.4, -0.2) is 12.5 Å². The van der Waals surface area contributed by atoms with E-state index in [0.29, 0.717) is 13.2 Å². The number of amides is 1. The van der Waals surface area contributed by atoms with Gasteiger partial charge in [0.25, 0.3) is 0 Å². The van der Waals surface area contributed by atoms with Gasteiger partial charge in [0.2, 0.25) is 5.91 Å². The van der Waals surface area contributed by atoms with E-state index < -0.39 is 0 Å². The van der Waals surface area contributed by atoms with Gasteiger partial charge in [-0.2, -0.15) is 0 Å². The molecule has 0 saturated carbocycles. The van der Waals surface area contributed by atoms with Crippen LogP contribution in [0, 0.1) is 5.82 Å². The molecule has 1 aliphatic rings. The van der Waals surface area contributed by atoms with Crippen molar-refractivity contribution in [3.63, 3.8) is 0 Å². The molecule has 1 amide bonds. The van der Waals surface area contributed by atoms with Crippen LogP contribution in [-0.2, 0) is 17.8 Å². The van der Waals surface area contributed by atoms with Gasteiger partial charge in [-0.15, -0.1) is 0 Å². The van der Waals surface area contributed by atoms with Crippen LogP contribution in [0.1, 0.15) is 11.1 Å². The Hall–Kier alpha value is -2.62. The highest BCUT2D eigenvalue weighted by Gasteiger charge is 2.23. The molecule has 0 aromatic heterocycles. The minimum Gasteiger partial charge on any atom is -0.489 e. The van der Waals surface area contributed by atoms with E-state index in [1.54, 1.807) is 11.0 Å². The standard InChI is InChI=1S/C18H16FNO2/c1-2-18(21)20-9-8-14-11-16(6-7-17(14)20)22-12-13-4-3-5-15(19)10-13/h2-7,10-11H,1,8-9,12H2. The zero-order chi connectivity index (χ0) is 15.5. The molecule has 2 aromatic rings. The van der Waals surface area contributed by atoms with Crippen molar-refractivity contribution in [2.75, 3.05) is 11.4 Å². The smallest absolute Gasteiger partial charge is 0.250 e. The van der Waals surface area contributed by atoms with Gasteiger partial charge in [-0.3, -0.25) is 4.79 Å². The number of carbonyl (C=O) groups excluding carboxylic acids is 1. The number of hydrogen-bond donors (Lipinski definition) is 0. The number of nitrogens with zero attached hydrogens (tertiary/aromatic N) is 1. The van der Waals surface area contributed by atoms with Gasteiger partial charge in [-0.1, -0.05) is 18.7 Å². The molecule has 112 valence electrons. The maximum Gasteiger partial charge on any atom is 0.250 e. The monoisotopic (exact) mass is 297 g/mol. The summed E-state index contributed by atoms with van der Waals surface area (Å²) in [6.07, 6.45) is 2.12. The third-order valence-corrected chi connectivity index (χ3v) is 3.68. The lowest BCUT2D eigenvalue weighted by molar-refractivity contribution is -0.114. The summed E-state index contributed by atoms with van der Waals surface area (Å²) in [6, 6.07) is 12.0. The maximum atomic E-state index is 13.1. The van der Waals surface area contributed by atoms with E-state index in [-0.39, 0.29) is 11.7 Å². The quantitative estimate of drug-likeness (QED) is 0.809. The molecule has 3 nitrogen and oxygen atoms in total. The fraction of sp³-hybridized carbons (Fsp3) is 0.167. The summed E-state index contributed by atoms with van der Waals surface area (Å²) in [5.74, 6) is 0.358. The van der Waals surface area contributed by atoms with E-state index in [9.17, 15) is 9.18 Å². The summed E-state index contributed by atoms with van der Waals surface area (Å²) in [6.45, 7) is 4.49.